The highest BCUT2D eigenvalue weighted by molar-refractivity contribution is 6.27. The Morgan fingerprint density at radius 3 is 2.38 bits per heavy atom. The molecule has 1 saturated heterocycles. The molecule has 0 radical (unpaired) electrons. The fraction of sp³-hybridized carbons (Fsp3) is 0.200. The van der Waals surface area contributed by atoms with Crippen LogP contribution >= 0.6 is 0 Å². The van der Waals surface area contributed by atoms with Crippen molar-refractivity contribution in [3.63, 3.8) is 0 Å². The van der Waals surface area contributed by atoms with Crippen LogP contribution in [0.2, 0.25) is 0 Å². The summed E-state index contributed by atoms with van der Waals surface area (Å²) in [5.74, 6) is -2.31. The van der Waals surface area contributed by atoms with Crippen molar-refractivity contribution >= 4 is 40.4 Å². The molecule has 1 aromatic carbocycles. The number of halogens is 6. The number of carbonyl (C=O) groups is 3. The van der Waals surface area contributed by atoms with Crippen LogP contribution in [0.5, 0.6) is 11.5 Å². The third kappa shape index (κ3) is 6.24. The number of benzene rings is 1. The minimum absolute atomic E-state index is 0.113. The van der Waals surface area contributed by atoms with E-state index in [4.69, 9.17) is 14.6 Å². The fourth-order valence-electron chi connectivity index (χ4n) is 3.80. The largest absolute Gasteiger partial charge is 0.490 e. The van der Waals surface area contributed by atoms with Gasteiger partial charge in [-0.15, -0.1) is 0 Å². The first kappa shape index (κ1) is 29.8. The molecular weight excluding hydrogens is 578 g/mol. The first-order chi connectivity index (χ1) is 19.7. The molecule has 1 aliphatic rings. The van der Waals surface area contributed by atoms with Crippen LogP contribution in [0.4, 0.5) is 42.5 Å². The van der Waals surface area contributed by atoms with Gasteiger partial charge in [-0.2, -0.15) is 26.3 Å². The second-order valence-electron chi connectivity index (χ2n) is 8.49. The van der Waals surface area contributed by atoms with E-state index in [0.717, 1.165) is 22.1 Å². The summed E-state index contributed by atoms with van der Waals surface area (Å²) < 4.78 is 77.0. The SMILES string of the molecule is CCc1cc(N2C(=O)CN(c3cncc(C(F)(F)F)c3)C2=O)ccc1Oc1ccnc2nc[nH]c12.O=C(O)C(F)(F)F. The van der Waals surface area contributed by atoms with Gasteiger partial charge in [0, 0.05) is 18.5 Å². The average molecular weight is 596 g/mol. The van der Waals surface area contributed by atoms with Crippen molar-refractivity contribution in [1.82, 2.24) is 19.9 Å². The number of nitrogens with zero attached hydrogens (tertiary/aromatic N) is 5. The maximum atomic E-state index is 13.1. The Hall–Kier alpha value is -5.22. The Balaban J connectivity index is 0.000000517. The van der Waals surface area contributed by atoms with Crippen molar-refractivity contribution in [2.45, 2.75) is 25.7 Å². The van der Waals surface area contributed by atoms with Gasteiger partial charge < -0.3 is 14.8 Å². The van der Waals surface area contributed by atoms with Gasteiger partial charge in [-0.25, -0.2) is 24.5 Å². The number of alkyl halides is 6. The molecule has 4 heterocycles. The van der Waals surface area contributed by atoms with Crippen molar-refractivity contribution in [3.8, 4) is 11.5 Å². The number of rotatable bonds is 5. The highest BCUT2D eigenvalue weighted by Crippen LogP contribution is 2.35. The van der Waals surface area contributed by atoms with Crippen molar-refractivity contribution < 1.29 is 50.6 Å². The van der Waals surface area contributed by atoms with Crippen LogP contribution in [0, 0.1) is 0 Å². The number of aliphatic carboxylic acids is 1. The monoisotopic (exact) mass is 596 g/mol. The van der Waals surface area contributed by atoms with Crippen LogP contribution in [-0.2, 0) is 22.2 Å². The quantitative estimate of drug-likeness (QED) is 0.233. The third-order valence-corrected chi connectivity index (χ3v) is 5.76. The molecule has 4 aromatic rings. The van der Waals surface area contributed by atoms with Crippen LogP contribution in [0.25, 0.3) is 11.2 Å². The van der Waals surface area contributed by atoms with Gasteiger partial charge in [0.25, 0.3) is 5.91 Å². The Morgan fingerprint density at radius 1 is 1.02 bits per heavy atom. The molecule has 0 atom stereocenters. The summed E-state index contributed by atoms with van der Waals surface area (Å²) >= 11 is 0. The van der Waals surface area contributed by atoms with E-state index >= 15 is 0 Å². The molecule has 0 unspecified atom stereocenters. The molecule has 3 aromatic heterocycles. The number of fused-ring (bicyclic) bond motifs is 1. The Morgan fingerprint density at radius 2 is 1.74 bits per heavy atom. The Bertz CT molecular complexity index is 1650. The lowest BCUT2D eigenvalue weighted by molar-refractivity contribution is -0.192. The van der Waals surface area contributed by atoms with E-state index in [-0.39, 0.29) is 11.4 Å². The van der Waals surface area contributed by atoms with E-state index in [0.29, 0.717) is 40.8 Å². The summed E-state index contributed by atoms with van der Waals surface area (Å²) in [6, 6.07) is 6.53. The number of carboxylic acids is 1. The number of pyridine rings is 2. The van der Waals surface area contributed by atoms with Crippen molar-refractivity contribution in [2.75, 3.05) is 16.3 Å². The summed E-state index contributed by atoms with van der Waals surface area (Å²) in [5.41, 5.74) is 0.992. The first-order valence-corrected chi connectivity index (χ1v) is 11.8. The number of aromatic amines is 1. The number of ether oxygens (including phenoxy) is 1. The number of hydrogen-bond donors (Lipinski definition) is 2. The molecule has 0 aliphatic carbocycles. The van der Waals surface area contributed by atoms with Crippen LogP contribution in [0.15, 0.2) is 55.2 Å². The van der Waals surface area contributed by atoms with Gasteiger partial charge in [-0.3, -0.25) is 14.7 Å². The maximum absolute atomic E-state index is 13.1. The molecule has 5 rings (SSSR count). The molecule has 1 fully saturated rings. The van der Waals surface area contributed by atoms with Gasteiger partial charge in [0.15, 0.2) is 11.4 Å². The normalized spacial score (nSPS) is 13.8. The average Bonchev–Trinajstić information content (AvgIpc) is 3.53. The van der Waals surface area contributed by atoms with E-state index in [9.17, 15) is 35.9 Å². The van der Waals surface area contributed by atoms with Gasteiger partial charge in [0.05, 0.1) is 29.5 Å². The number of imidazole rings is 1. The fourth-order valence-corrected chi connectivity index (χ4v) is 3.80. The number of anilines is 2. The molecule has 1 aliphatic heterocycles. The molecule has 3 amide bonds. The number of aryl methyl sites for hydroxylation is 1. The number of imide groups is 1. The lowest BCUT2D eigenvalue weighted by Gasteiger charge is -2.19. The number of nitrogens with one attached hydrogen (secondary N) is 1. The maximum Gasteiger partial charge on any atom is 0.490 e. The highest BCUT2D eigenvalue weighted by atomic mass is 19.4. The van der Waals surface area contributed by atoms with Crippen LogP contribution in [-0.4, -0.2) is 55.7 Å². The zero-order chi connectivity index (χ0) is 30.8. The zero-order valence-corrected chi connectivity index (χ0v) is 21.2. The Kier molecular flexibility index (Phi) is 8.03. The molecule has 220 valence electrons. The van der Waals surface area contributed by atoms with Crippen molar-refractivity contribution in [1.29, 1.82) is 0 Å². The molecule has 2 N–H and O–H groups in total. The summed E-state index contributed by atoms with van der Waals surface area (Å²) in [6.07, 6.45) is -4.34. The minimum Gasteiger partial charge on any atom is -0.475 e. The standard InChI is InChI=1S/C23H17F3N6O3.C2HF3O2/c1-2-13-7-15(3-4-17(13)35-18-5-6-28-21-20(18)29-12-30-21)32-19(33)11-31(22(32)34)16-8-14(9-27-10-16)23(24,25)26;3-2(4,5)1(6)7/h3-10,12H,2,11H2,1H3,(H,28,29,30);(H,6,7). The minimum atomic E-state index is -5.08. The molecule has 11 nitrogen and oxygen atoms in total. The smallest absolute Gasteiger partial charge is 0.475 e. The third-order valence-electron chi connectivity index (χ3n) is 5.76. The van der Waals surface area contributed by atoms with E-state index < -0.39 is 42.4 Å². The first-order valence-electron chi connectivity index (χ1n) is 11.8. The lowest BCUT2D eigenvalue weighted by atomic mass is 10.1. The number of aromatic nitrogens is 4. The zero-order valence-electron chi connectivity index (χ0n) is 21.2. The summed E-state index contributed by atoms with van der Waals surface area (Å²) in [7, 11) is 0. The van der Waals surface area contributed by atoms with Gasteiger partial charge in [-0.1, -0.05) is 6.92 Å². The van der Waals surface area contributed by atoms with Crippen LogP contribution in [0.1, 0.15) is 18.1 Å². The summed E-state index contributed by atoms with van der Waals surface area (Å²) in [6.45, 7) is 1.48. The molecule has 0 saturated carbocycles. The van der Waals surface area contributed by atoms with Crippen LogP contribution < -0.4 is 14.5 Å². The number of hydrogen-bond acceptors (Lipinski definition) is 7. The van der Waals surface area contributed by atoms with E-state index in [1.807, 2.05) is 6.92 Å². The van der Waals surface area contributed by atoms with Gasteiger partial charge in [0.1, 0.15) is 17.8 Å². The topological polar surface area (TPSA) is 142 Å². The van der Waals surface area contributed by atoms with Gasteiger partial charge >= 0.3 is 24.4 Å². The molecule has 0 bridgehead atoms. The van der Waals surface area contributed by atoms with Gasteiger partial charge in [0.2, 0.25) is 0 Å². The van der Waals surface area contributed by atoms with Gasteiger partial charge in [-0.05, 0) is 36.2 Å². The number of carbonyl (C=O) groups excluding carboxylic acids is 2. The molecule has 42 heavy (non-hydrogen) atoms. The number of carboxylic acid groups (broad SMARTS) is 1. The lowest BCUT2D eigenvalue weighted by Crippen LogP contribution is -2.33. The predicted octanol–water partition coefficient (Wildman–Crippen LogP) is 5.33. The number of urea groups is 1. The second kappa shape index (κ2) is 11.3. The van der Waals surface area contributed by atoms with Crippen molar-refractivity contribution in [2.24, 2.45) is 0 Å². The highest BCUT2D eigenvalue weighted by Gasteiger charge is 2.40. The number of H-pyrrole nitrogens is 1. The molecular formula is C25H18F6N6O5. The summed E-state index contributed by atoms with van der Waals surface area (Å²) in [5, 5.41) is 7.12. The summed E-state index contributed by atoms with van der Waals surface area (Å²) in [4.78, 5) is 51.3. The number of amides is 3. The van der Waals surface area contributed by atoms with Crippen molar-refractivity contribution in [3.05, 3.63) is 66.4 Å². The van der Waals surface area contributed by atoms with E-state index in [1.54, 1.807) is 30.5 Å². The van der Waals surface area contributed by atoms with E-state index in [2.05, 4.69) is 19.9 Å². The Labute approximate surface area is 231 Å². The second-order valence-corrected chi connectivity index (χ2v) is 8.49. The molecule has 17 heteroatoms. The van der Waals surface area contributed by atoms with E-state index in [1.165, 1.54) is 6.33 Å². The molecule has 0 spiro atoms. The van der Waals surface area contributed by atoms with Crippen LogP contribution in [0.3, 0.4) is 0 Å². The predicted molar refractivity (Wildman–Crippen MR) is 133 cm³/mol.